The standard InChI is InChI=1S/C30H29FN6O4/c31-25-14-20(16-32)4-5-22(25)19-41-28-3-1-2-27(34-28)36-11-9-35(10-12-36)17-23-15-21-6-7-26(30(38)39)33-29(21)37(23)18-24-8-13-40-24/h1-7,14-15,24H,8-13,17-19H2,(H,38,39)/t24-/m0/s1. The van der Waals surface area contributed by atoms with Crippen molar-refractivity contribution in [2.75, 3.05) is 37.7 Å². The van der Waals surface area contributed by atoms with Crippen molar-refractivity contribution in [2.45, 2.75) is 32.2 Å². The lowest BCUT2D eigenvalue weighted by Crippen LogP contribution is -2.46. The van der Waals surface area contributed by atoms with Gasteiger partial charge in [0.1, 0.15) is 23.9 Å². The number of anilines is 1. The number of carboxylic acid groups (broad SMARTS) is 1. The van der Waals surface area contributed by atoms with Crippen LogP contribution in [0, 0.1) is 17.1 Å². The normalized spacial score (nSPS) is 17.3. The zero-order valence-electron chi connectivity index (χ0n) is 22.4. The lowest BCUT2D eigenvalue weighted by molar-refractivity contribution is -0.0591. The van der Waals surface area contributed by atoms with Gasteiger partial charge in [0.25, 0.3) is 0 Å². The van der Waals surface area contributed by atoms with E-state index in [0.29, 0.717) is 30.2 Å². The second-order valence-corrected chi connectivity index (χ2v) is 10.2. The number of benzene rings is 1. The molecule has 4 aromatic rings. The summed E-state index contributed by atoms with van der Waals surface area (Å²) in [6, 6.07) is 17.3. The molecule has 1 atom stereocenters. The quantitative estimate of drug-likeness (QED) is 0.328. The van der Waals surface area contributed by atoms with Crippen LogP contribution in [0.3, 0.4) is 0 Å². The first-order valence-electron chi connectivity index (χ1n) is 13.6. The van der Waals surface area contributed by atoms with Gasteiger partial charge in [0, 0.05) is 62.0 Å². The Balaban J connectivity index is 1.10. The molecule has 11 heteroatoms. The molecule has 0 spiro atoms. The molecule has 41 heavy (non-hydrogen) atoms. The molecule has 3 aromatic heterocycles. The Morgan fingerprint density at radius 3 is 2.66 bits per heavy atom. The third-order valence-electron chi connectivity index (χ3n) is 7.58. The predicted molar refractivity (Wildman–Crippen MR) is 148 cm³/mol. The van der Waals surface area contributed by atoms with Gasteiger partial charge in [0.05, 0.1) is 24.3 Å². The summed E-state index contributed by atoms with van der Waals surface area (Å²) in [5.41, 5.74) is 2.43. The fraction of sp³-hybridized carbons (Fsp3) is 0.333. The summed E-state index contributed by atoms with van der Waals surface area (Å²) < 4.78 is 27.8. The summed E-state index contributed by atoms with van der Waals surface area (Å²) in [7, 11) is 0. The molecular formula is C30H29FN6O4. The molecular weight excluding hydrogens is 527 g/mol. The van der Waals surface area contributed by atoms with Crippen molar-refractivity contribution in [3.63, 3.8) is 0 Å². The van der Waals surface area contributed by atoms with Gasteiger partial charge in [-0.2, -0.15) is 10.2 Å². The average molecular weight is 557 g/mol. The molecule has 2 saturated heterocycles. The van der Waals surface area contributed by atoms with Crippen LogP contribution in [-0.2, 0) is 24.4 Å². The number of piperazine rings is 1. The molecule has 0 radical (unpaired) electrons. The first kappa shape index (κ1) is 26.7. The molecule has 2 fully saturated rings. The van der Waals surface area contributed by atoms with Gasteiger partial charge in [-0.25, -0.2) is 14.2 Å². The molecule has 6 rings (SSSR count). The summed E-state index contributed by atoms with van der Waals surface area (Å²) in [5, 5.41) is 19.3. The number of carboxylic acids is 1. The summed E-state index contributed by atoms with van der Waals surface area (Å²) in [4.78, 5) is 25.2. The first-order valence-corrected chi connectivity index (χ1v) is 13.6. The minimum absolute atomic E-state index is 0.0183. The maximum atomic E-state index is 14.2. The molecule has 1 aromatic carbocycles. The number of nitrogens with zero attached hydrogens (tertiary/aromatic N) is 6. The average Bonchev–Trinajstić information content (AvgIpc) is 3.30. The summed E-state index contributed by atoms with van der Waals surface area (Å²) in [6.07, 6.45) is 1.10. The van der Waals surface area contributed by atoms with Crippen molar-refractivity contribution >= 4 is 22.8 Å². The topological polar surface area (TPSA) is 117 Å². The highest BCUT2D eigenvalue weighted by Gasteiger charge is 2.25. The molecule has 0 amide bonds. The van der Waals surface area contributed by atoms with E-state index < -0.39 is 11.8 Å². The van der Waals surface area contributed by atoms with Crippen LogP contribution < -0.4 is 9.64 Å². The third-order valence-corrected chi connectivity index (χ3v) is 7.58. The largest absolute Gasteiger partial charge is 0.477 e. The second kappa shape index (κ2) is 11.5. The van der Waals surface area contributed by atoms with Crippen molar-refractivity contribution in [3.8, 4) is 11.9 Å². The van der Waals surface area contributed by atoms with Crippen LogP contribution in [-0.4, -0.2) is 69.4 Å². The van der Waals surface area contributed by atoms with Crippen LogP contribution in [0.1, 0.15) is 33.7 Å². The van der Waals surface area contributed by atoms with Crippen molar-refractivity contribution < 1.29 is 23.8 Å². The van der Waals surface area contributed by atoms with Crippen LogP contribution in [0.2, 0.25) is 0 Å². The number of carbonyl (C=O) groups is 1. The molecule has 210 valence electrons. The minimum atomic E-state index is -1.04. The number of hydrogen-bond donors (Lipinski definition) is 1. The molecule has 0 saturated carbocycles. The highest BCUT2D eigenvalue weighted by Crippen LogP contribution is 2.25. The molecule has 5 heterocycles. The number of rotatable bonds is 9. The lowest BCUT2D eigenvalue weighted by Gasteiger charge is -2.36. The van der Waals surface area contributed by atoms with E-state index in [2.05, 4.69) is 30.4 Å². The molecule has 10 nitrogen and oxygen atoms in total. The van der Waals surface area contributed by atoms with Gasteiger partial charge < -0.3 is 24.0 Å². The van der Waals surface area contributed by atoms with E-state index in [0.717, 1.165) is 56.1 Å². The monoisotopic (exact) mass is 556 g/mol. The number of nitriles is 1. The van der Waals surface area contributed by atoms with Crippen LogP contribution in [0.25, 0.3) is 11.0 Å². The van der Waals surface area contributed by atoms with Crippen molar-refractivity contribution in [3.05, 3.63) is 82.9 Å². The van der Waals surface area contributed by atoms with Gasteiger partial charge in [0.2, 0.25) is 5.88 Å². The zero-order chi connectivity index (χ0) is 28.3. The number of hydrogen-bond acceptors (Lipinski definition) is 8. The molecule has 0 aliphatic carbocycles. The maximum Gasteiger partial charge on any atom is 0.354 e. The molecule has 2 aliphatic rings. The summed E-state index contributed by atoms with van der Waals surface area (Å²) in [5.74, 6) is -0.316. The fourth-order valence-corrected chi connectivity index (χ4v) is 5.18. The number of halogens is 1. The number of ether oxygens (including phenoxy) is 2. The van der Waals surface area contributed by atoms with Crippen LogP contribution in [0.4, 0.5) is 10.2 Å². The van der Waals surface area contributed by atoms with Crippen molar-refractivity contribution in [1.29, 1.82) is 5.26 Å². The first-order chi connectivity index (χ1) is 20.0. The van der Waals surface area contributed by atoms with E-state index in [1.54, 1.807) is 24.3 Å². The molecule has 2 aliphatic heterocycles. The van der Waals surface area contributed by atoms with E-state index in [1.165, 1.54) is 6.07 Å². The van der Waals surface area contributed by atoms with Gasteiger partial charge in [-0.15, -0.1) is 0 Å². The summed E-state index contributed by atoms with van der Waals surface area (Å²) >= 11 is 0. The Hall–Kier alpha value is -4.53. The molecule has 0 bridgehead atoms. The molecule has 0 unspecified atom stereocenters. The Labute approximate surface area is 236 Å². The zero-order valence-corrected chi connectivity index (χ0v) is 22.4. The highest BCUT2D eigenvalue weighted by molar-refractivity contribution is 5.89. The van der Waals surface area contributed by atoms with Gasteiger partial charge in [-0.05, 0) is 42.8 Å². The Morgan fingerprint density at radius 1 is 1.12 bits per heavy atom. The van der Waals surface area contributed by atoms with E-state index in [-0.39, 0.29) is 24.0 Å². The predicted octanol–water partition coefficient (Wildman–Crippen LogP) is 3.83. The number of aromatic carboxylic acids is 1. The van der Waals surface area contributed by atoms with Gasteiger partial charge in [0.15, 0.2) is 5.69 Å². The third kappa shape index (κ3) is 5.84. The number of fused-ring (bicyclic) bond motifs is 1. The SMILES string of the molecule is N#Cc1ccc(COc2cccc(N3CCN(Cc4cc5ccc(C(=O)O)nc5n4C[C@@H]4CCO4)CC3)n2)c(F)c1. The smallest absolute Gasteiger partial charge is 0.354 e. The highest BCUT2D eigenvalue weighted by atomic mass is 19.1. The Bertz CT molecular complexity index is 1620. The van der Waals surface area contributed by atoms with Crippen molar-refractivity contribution in [2.24, 2.45) is 0 Å². The molecule has 1 N–H and O–H groups in total. The van der Waals surface area contributed by atoms with Crippen LogP contribution in [0.15, 0.2) is 54.6 Å². The Morgan fingerprint density at radius 2 is 1.95 bits per heavy atom. The number of aromatic nitrogens is 3. The van der Waals surface area contributed by atoms with Gasteiger partial charge in [-0.1, -0.05) is 12.1 Å². The fourth-order valence-electron chi connectivity index (χ4n) is 5.18. The van der Waals surface area contributed by atoms with E-state index in [4.69, 9.17) is 14.7 Å². The van der Waals surface area contributed by atoms with Crippen LogP contribution in [0.5, 0.6) is 5.88 Å². The van der Waals surface area contributed by atoms with E-state index in [1.807, 2.05) is 24.3 Å². The van der Waals surface area contributed by atoms with Crippen LogP contribution >= 0.6 is 0 Å². The van der Waals surface area contributed by atoms with Crippen molar-refractivity contribution in [1.82, 2.24) is 19.4 Å². The van der Waals surface area contributed by atoms with E-state index in [9.17, 15) is 14.3 Å². The second-order valence-electron chi connectivity index (χ2n) is 10.2. The maximum absolute atomic E-state index is 14.2. The van der Waals surface area contributed by atoms with Gasteiger partial charge in [-0.3, -0.25) is 4.90 Å². The Kier molecular flexibility index (Phi) is 7.50. The minimum Gasteiger partial charge on any atom is -0.477 e. The summed E-state index contributed by atoms with van der Waals surface area (Å²) in [6.45, 7) is 5.31. The lowest BCUT2D eigenvalue weighted by atomic mass is 10.1. The van der Waals surface area contributed by atoms with Gasteiger partial charge >= 0.3 is 5.97 Å². The van der Waals surface area contributed by atoms with E-state index >= 15 is 0 Å². The number of pyridine rings is 2.